The van der Waals surface area contributed by atoms with Crippen LogP contribution in [0.15, 0.2) is 24.3 Å². The highest BCUT2D eigenvalue weighted by Crippen LogP contribution is 2.55. The standard InChI is InChI=1S/C22H31NO2/c1-14(2)19-6-4-5-7-20(19)25-15(3)21(24)23-22-11-16-8-17(12-22)10-18(9-16)13-22/h4-7,14-18H,8-13H2,1-3H3,(H,23,24)/t15-,16?,17?,18?,22?/m1/s1. The molecule has 4 aliphatic carbocycles. The molecular formula is C22H31NO2. The number of hydrogen-bond acceptors (Lipinski definition) is 2. The summed E-state index contributed by atoms with van der Waals surface area (Å²) in [5, 5.41) is 3.43. The fourth-order valence-corrected chi connectivity index (χ4v) is 5.94. The van der Waals surface area contributed by atoms with Gasteiger partial charge in [-0.1, -0.05) is 32.0 Å². The third kappa shape index (κ3) is 3.30. The van der Waals surface area contributed by atoms with Crippen molar-refractivity contribution in [2.24, 2.45) is 17.8 Å². The van der Waals surface area contributed by atoms with E-state index in [9.17, 15) is 4.79 Å². The van der Waals surface area contributed by atoms with Gasteiger partial charge in [-0.2, -0.15) is 0 Å². The van der Waals surface area contributed by atoms with E-state index in [4.69, 9.17) is 4.74 Å². The number of rotatable bonds is 5. The SMILES string of the molecule is CC(C)c1ccccc1O[C@H](C)C(=O)NC12CC3CC(CC(C3)C1)C2. The van der Waals surface area contributed by atoms with Crippen molar-refractivity contribution in [2.75, 3.05) is 0 Å². The lowest BCUT2D eigenvalue weighted by Crippen LogP contribution is -2.61. The number of ether oxygens (including phenoxy) is 1. The minimum Gasteiger partial charge on any atom is -0.481 e. The molecule has 0 spiro atoms. The smallest absolute Gasteiger partial charge is 0.261 e. The van der Waals surface area contributed by atoms with Crippen molar-refractivity contribution in [3.8, 4) is 5.75 Å². The minimum absolute atomic E-state index is 0.0560. The van der Waals surface area contributed by atoms with Crippen molar-refractivity contribution in [2.45, 2.75) is 76.9 Å². The van der Waals surface area contributed by atoms with Crippen LogP contribution in [0.4, 0.5) is 0 Å². The van der Waals surface area contributed by atoms with Gasteiger partial charge >= 0.3 is 0 Å². The molecule has 1 atom stereocenters. The zero-order chi connectivity index (χ0) is 17.6. The summed E-state index contributed by atoms with van der Waals surface area (Å²) >= 11 is 0. The van der Waals surface area contributed by atoms with Crippen molar-refractivity contribution >= 4 is 5.91 Å². The van der Waals surface area contributed by atoms with E-state index in [1.54, 1.807) is 0 Å². The molecular weight excluding hydrogens is 310 g/mol. The Morgan fingerprint density at radius 1 is 1.04 bits per heavy atom. The Morgan fingerprint density at radius 3 is 2.16 bits per heavy atom. The second-order valence-corrected chi connectivity index (χ2v) is 9.14. The molecule has 1 aromatic rings. The quantitative estimate of drug-likeness (QED) is 0.846. The maximum atomic E-state index is 12.9. The van der Waals surface area contributed by atoms with Crippen molar-refractivity contribution in [3.63, 3.8) is 0 Å². The Bertz CT molecular complexity index is 616. The van der Waals surface area contributed by atoms with Gasteiger partial charge in [0.15, 0.2) is 6.10 Å². The molecule has 0 radical (unpaired) electrons. The van der Waals surface area contributed by atoms with E-state index in [2.05, 4.69) is 25.2 Å². The fourth-order valence-electron chi connectivity index (χ4n) is 5.94. The molecule has 0 aliphatic heterocycles. The van der Waals surface area contributed by atoms with Gasteiger partial charge in [-0.15, -0.1) is 0 Å². The van der Waals surface area contributed by atoms with Crippen LogP contribution in [0.1, 0.15) is 70.8 Å². The highest BCUT2D eigenvalue weighted by molar-refractivity contribution is 5.81. The normalized spacial score (nSPS) is 34.2. The van der Waals surface area contributed by atoms with Gasteiger partial charge < -0.3 is 10.1 Å². The van der Waals surface area contributed by atoms with Crippen LogP contribution in [0.5, 0.6) is 5.75 Å². The van der Waals surface area contributed by atoms with Crippen LogP contribution >= 0.6 is 0 Å². The van der Waals surface area contributed by atoms with E-state index >= 15 is 0 Å². The Balaban J connectivity index is 1.43. The molecule has 136 valence electrons. The van der Waals surface area contributed by atoms with Crippen LogP contribution in [0, 0.1) is 17.8 Å². The number of carbonyl (C=O) groups excluding carboxylic acids is 1. The Morgan fingerprint density at radius 2 is 1.60 bits per heavy atom. The van der Waals surface area contributed by atoms with Gasteiger partial charge in [0.25, 0.3) is 5.91 Å². The second kappa shape index (κ2) is 6.34. The van der Waals surface area contributed by atoms with E-state index in [0.29, 0.717) is 5.92 Å². The zero-order valence-electron chi connectivity index (χ0n) is 15.8. The monoisotopic (exact) mass is 341 g/mol. The zero-order valence-corrected chi connectivity index (χ0v) is 15.8. The largest absolute Gasteiger partial charge is 0.481 e. The van der Waals surface area contributed by atoms with E-state index < -0.39 is 6.10 Å². The lowest BCUT2D eigenvalue weighted by atomic mass is 9.53. The van der Waals surface area contributed by atoms with Crippen LogP contribution in [0.3, 0.4) is 0 Å². The summed E-state index contributed by atoms with van der Waals surface area (Å²) in [7, 11) is 0. The number of carbonyl (C=O) groups is 1. The first-order chi connectivity index (χ1) is 11.9. The van der Waals surface area contributed by atoms with Crippen molar-refractivity contribution < 1.29 is 9.53 Å². The van der Waals surface area contributed by atoms with Crippen LogP contribution in [-0.2, 0) is 4.79 Å². The molecule has 3 nitrogen and oxygen atoms in total. The van der Waals surface area contributed by atoms with Gasteiger partial charge in [0.05, 0.1) is 0 Å². The lowest BCUT2D eigenvalue weighted by molar-refractivity contribution is -0.133. The molecule has 0 saturated heterocycles. The molecule has 4 saturated carbocycles. The van der Waals surface area contributed by atoms with Gasteiger partial charge in [0.1, 0.15) is 5.75 Å². The molecule has 1 aromatic carbocycles. The number of hydrogen-bond donors (Lipinski definition) is 1. The molecule has 25 heavy (non-hydrogen) atoms. The first-order valence-electron chi connectivity index (χ1n) is 10.0. The van der Waals surface area contributed by atoms with E-state index in [1.807, 2.05) is 25.1 Å². The van der Waals surface area contributed by atoms with E-state index in [1.165, 1.54) is 38.5 Å². The third-order valence-electron chi connectivity index (χ3n) is 6.64. The molecule has 0 aromatic heterocycles. The molecule has 5 rings (SSSR count). The Labute approximate surface area is 151 Å². The van der Waals surface area contributed by atoms with Crippen molar-refractivity contribution in [1.82, 2.24) is 5.32 Å². The van der Waals surface area contributed by atoms with Crippen molar-refractivity contribution in [1.29, 1.82) is 0 Å². The number of amides is 1. The molecule has 4 bridgehead atoms. The molecule has 4 aliphatic rings. The maximum Gasteiger partial charge on any atom is 0.261 e. The highest BCUT2D eigenvalue weighted by atomic mass is 16.5. The van der Waals surface area contributed by atoms with Gasteiger partial charge in [-0.3, -0.25) is 4.79 Å². The summed E-state index contributed by atoms with van der Waals surface area (Å²) in [5.41, 5.74) is 1.22. The highest BCUT2D eigenvalue weighted by Gasteiger charge is 2.51. The lowest BCUT2D eigenvalue weighted by Gasteiger charge is -2.57. The number of para-hydroxylation sites is 1. The second-order valence-electron chi connectivity index (χ2n) is 9.14. The Kier molecular flexibility index (Phi) is 4.29. The minimum atomic E-state index is -0.451. The van der Waals surface area contributed by atoms with E-state index in [-0.39, 0.29) is 11.4 Å². The van der Waals surface area contributed by atoms with Gasteiger partial charge in [-0.05, 0) is 80.8 Å². The summed E-state index contributed by atoms with van der Waals surface area (Å²) in [6, 6.07) is 8.07. The van der Waals surface area contributed by atoms with Gasteiger partial charge in [-0.25, -0.2) is 0 Å². The summed E-state index contributed by atoms with van der Waals surface area (Å²) in [4.78, 5) is 12.9. The summed E-state index contributed by atoms with van der Waals surface area (Å²) < 4.78 is 6.07. The summed E-state index contributed by atoms with van der Waals surface area (Å²) in [6.45, 7) is 6.19. The molecule has 0 heterocycles. The molecule has 0 unspecified atom stereocenters. The van der Waals surface area contributed by atoms with Gasteiger partial charge in [0.2, 0.25) is 0 Å². The molecule has 3 heteroatoms. The average Bonchev–Trinajstić information content (AvgIpc) is 2.53. The average molecular weight is 341 g/mol. The van der Waals surface area contributed by atoms with Crippen LogP contribution < -0.4 is 10.1 Å². The number of nitrogens with one attached hydrogen (secondary N) is 1. The first kappa shape index (κ1) is 16.9. The van der Waals surface area contributed by atoms with Gasteiger partial charge in [0, 0.05) is 5.54 Å². The van der Waals surface area contributed by atoms with Crippen LogP contribution in [-0.4, -0.2) is 17.6 Å². The first-order valence-corrected chi connectivity index (χ1v) is 10.0. The van der Waals surface area contributed by atoms with E-state index in [0.717, 1.165) is 29.1 Å². The van der Waals surface area contributed by atoms with Crippen LogP contribution in [0.25, 0.3) is 0 Å². The number of benzene rings is 1. The molecule has 1 N–H and O–H groups in total. The molecule has 1 amide bonds. The maximum absolute atomic E-state index is 12.9. The predicted octanol–water partition coefficient (Wildman–Crippen LogP) is 4.66. The van der Waals surface area contributed by atoms with Crippen LogP contribution in [0.2, 0.25) is 0 Å². The third-order valence-corrected chi connectivity index (χ3v) is 6.64. The topological polar surface area (TPSA) is 38.3 Å². The predicted molar refractivity (Wildman–Crippen MR) is 99.7 cm³/mol. The fraction of sp³-hybridized carbons (Fsp3) is 0.682. The summed E-state index contributed by atoms with van der Waals surface area (Å²) in [6.07, 6.45) is 7.27. The Hall–Kier alpha value is -1.51. The molecule has 4 fully saturated rings. The van der Waals surface area contributed by atoms with Crippen molar-refractivity contribution in [3.05, 3.63) is 29.8 Å². The summed E-state index contributed by atoms with van der Waals surface area (Å²) in [5.74, 6) is 3.79.